The third-order valence-corrected chi connectivity index (χ3v) is 3.36. The van der Waals surface area contributed by atoms with Gasteiger partial charge in [-0.15, -0.1) is 11.3 Å². The van der Waals surface area contributed by atoms with Gasteiger partial charge in [0, 0.05) is 23.2 Å². The first-order valence-corrected chi connectivity index (χ1v) is 5.56. The van der Waals surface area contributed by atoms with Gasteiger partial charge in [0.05, 0.1) is 11.4 Å². The second-order valence-electron chi connectivity index (χ2n) is 3.63. The van der Waals surface area contributed by atoms with Crippen molar-refractivity contribution in [2.75, 3.05) is 5.73 Å². The molecule has 2 heterocycles. The first-order valence-electron chi connectivity index (χ1n) is 4.74. The predicted octanol–water partition coefficient (Wildman–Crippen LogP) is 2.05. The highest BCUT2D eigenvalue weighted by Crippen LogP contribution is 2.32. The Bertz CT molecular complexity index is 510. The van der Waals surface area contributed by atoms with Crippen LogP contribution in [0.25, 0.3) is 11.3 Å². The van der Waals surface area contributed by atoms with E-state index in [2.05, 4.69) is 10.1 Å². The molecule has 0 amide bonds. The van der Waals surface area contributed by atoms with E-state index in [0.29, 0.717) is 5.13 Å². The van der Waals surface area contributed by atoms with E-state index in [4.69, 9.17) is 5.73 Å². The third-order valence-electron chi connectivity index (χ3n) is 2.56. The molecule has 0 aromatic carbocycles. The summed E-state index contributed by atoms with van der Waals surface area (Å²) in [7, 11) is 1.94. The van der Waals surface area contributed by atoms with Crippen LogP contribution in [0, 0.1) is 20.8 Å². The maximum absolute atomic E-state index is 5.70. The minimum Gasteiger partial charge on any atom is -0.375 e. The van der Waals surface area contributed by atoms with Gasteiger partial charge in [-0.05, 0) is 20.8 Å². The molecule has 0 fully saturated rings. The lowest BCUT2D eigenvalue weighted by molar-refractivity contribution is 0.731. The van der Waals surface area contributed by atoms with Crippen LogP contribution in [0.5, 0.6) is 0 Å². The molecule has 0 spiro atoms. The predicted molar refractivity (Wildman–Crippen MR) is 62.9 cm³/mol. The lowest BCUT2D eigenvalue weighted by Gasteiger charge is -1.98. The van der Waals surface area contributed by atoms with E-state index < -0.39 is 0 Å². The maximum Gasteiger partial charge on any atom is 0.180 e. The van der Waals surface area contributed by atoms with Crippen molar-refractivity contribution >= 4 is 16.5 Å². The monoisotopic (exact) mass is 222 g/mol. The van der Waals surface area contributed by atoms with E-state index in [0.717, 1.165) is 27.5 Å². The Morgan fingerprint density at radius 3 is 2.33 bits per heavy atom. The molecule has 0 aliphatic carbocycles. The number of anilines is 1. The van der Waals surface area contributed by atoms with E-state index in [1.165, 1.54) is 11.3 Å². The topological polar surface area (TPSA) is 56.7 Å². The van der Waals surface area contributed by atoms with Crippen LogP contribution in [-0.4, -0.2) is 14.8 Å². The Labute approximate surface area is 92.8 Å². The first kappa shape index (κ1) is 10.2. The van der Waals surface area contributed by atoms with Crippen molar-refractivity contribution in [3.63, 3.8) is 0 Å². The molecule has 15 heavy (non-hydrogen) atoms. The molecule has 2 aromatic heterocycles. The van der Waals surface area contributed by atoms with Gasteiger partial charge in [0.25, 0.3) is 0 Å². The molecule has 4 nitrogen and oxygen atoms in total. The van der Waals surface area contributed by atoms with Crippen LogP contribution < -0.4 is 5.73 Å². The molecule has 0 saturated heterocycles. The second-order valence-corrected chi connectivity index (χ2v) is 4.86. The Morgan fingerprint density at radius 1 is 1.27 bits per heavy atom. The standard InChI is InChI=1S/C10H14N4S/c1-5-8(6(2)14(4)13-5)9-7(3)15-10(11)12-9/h1-4H3,(H2,11,12). The molecular weight excluding hydrogens is 208 g/mol. The van der Waals surface area contributed by atoms with Gasteiger partial charge >= 0.3 is 0 Å². The van der Waals surface area contributed by atoms with E-state index >= 15 is 0 Å². The van der Waals surface area contributed by atoms with Crippen molar-refractivity contribution in [3.8, 4) is 11.3 Å². The van der Waals surface area contributed by atoms with E-state index in [9.17, 15) is 0 Å². The highest BCUT2D eigenvalue weighted by atomic mass is 32.1. The van der Waals surface area contributed by atoms with Gasteiger partial charge in [0.15, 0.2) is 5.13 Å². The van der Waals surface area contributed by atoms with E-state index in [1.807, 2.05) is 32.5 Å². The summed E-state index contributed by atoms with van der Waals surface area (Å²) < 4.78 is 1.87. The second kappa shape index (κ2) is 3.34. The normalized spacial score (nSPS) is 10.9. The summed E-state index contributed by atoms with van der Waals surface area (Å²) >= 11 is 1.52. The Hall–Kier alpha value is -1.36. The highest BCUT2D eigenvalue weighted by molar-refractivity contribution is 7.15. The summed E-state index contributed by atoms with van der Waals surface area (Å²) in [6.07, 6.45) is 0. The number of aromatic nitrogens is 3. The zero-order chi connectivity index (χ0) is 11.2. The third kappa shape index (κ3) is 1.52. The summed E-state index contributed by atoms with van der Waals surface area (Å²) in [5.74, 6) is 0. The van der Waals surface area contributed by atoms with Crippen molar-refractivity contribution in [3.05, 3.63) is 16.3 Å². The van der Waals surface area contributed by atoms with E-state index in [1.54, 1.807) is 0 Å². The number of rotatable bonds is 1. The van der Waals surface area contributed by atoms with Gasteiger partial charge in [0.1, 0.15) is 0 Å². The van der Waals surface area contributed by atoms with Crippen LogP contribution >= 0.6 is 11.3 Å². The molecule has 0 bridgehead atoms. The summed E-state index contributed by atoms with van der Waals surface area (Å²) in [5, 5.41) is 4.99. The Morgan fingerprint density at radius 2 is 1.93 bits per heavy atom. The summed E-state index contributed by atoms with van der Waals surface area (Å²) in [4.78, 5) is 5.50. The van der Waals surface area contributed by atoms with Gasteiger partial charge in [-0.3, -0.25) is 4.68 Å². The van der Waals surface area contributed by atoms with Crippen molar-refractivity contribution in [1.82, 2.24) is 14.8 Å². The van der Waals surface area contributed by atoms with Crippen LogP contribution in [0.1, 0.15) is 16.3 Å². The van der Waals surface area contributed by atoms with Crippen molar-refractivity contribution < 1.29 is 0 Å². The molecule has 2 N–H and O–H groups in total. The molecule has 5 heteroatoms. The summed E-state index contributed by atoms with van der Waals surface area (Å²) in [6, 6.07) is 0. The molecule has 0 aliphatic rings. The molecule has 2 aromatic rings. The van der Waals surface area contributed by atoms with Crippen LogP contribution in [0.4, 0.5) is 5.13 Å². The van der Waals surface area contributed by atoms with Crippen molar-refractivity contribution in [2.24, 2.45) is 7.05 Å². The minimum atomic E-state index is 0.616. The van der Waals surface area contributed by atoms with Crippen LogP contribution in [0.2, 0.25) is 0 Å². The minimum absolute atomic E-state index is 0.616. The van der Waals surface area contributed by atoms with Gasteiger partial charge < -0.3 is 5.73 Å². The van der Waals surface area contributed by atoms with Gasteiger partial charge in [-0.1, -0.05) is 0 Å². The largest absolute Gasteiger partial charge is 0.375 e. The molecule has 80 valence electrons. The lowest BCUT2D eigenvalue weighted by atomic mass is 10.1. The van der Waals surface area contributed by atoms with Gasteiger partial charge in [-0.2, -0.15) is 5.10 Å². The number of nitrogens with zero attached hydrogens (tertiary/aromatic N) is 3. The number of nitrogens with two attached hydrogens (primary N) is 1. The molecule has 2 rings (SSSR count). The number of nitrogen functional groups attached to an aromatic ring is 1. The molecule has 0 aliphatic heterocycles. The first-order chi connectivity index (χ1) is 7.00. The van der Waals surface area contributed by atoms with Crippen molar-refractivity contribution in [2.45, 2.75) is 20.8 Å². The highest BCUT2D eigenvalue weighted by Gasteiger charge is 2.16. The number of thiazole rings is 1. The average molecular weight is 222 g/mol. The fourth-order valence-corrected chi connectivity index (χ4v) is 2.46. The molecular formula is C10H14N4S. The zero-order valence-corrected chi connectivity index (χ0v) is 10.1. The summed E-state index contributed by atoms with van der Waals surface area (Å²) in [5.41, 5.74) is 9.92. The van der Waals surface area contributed by atoms with Crippen LogP contribution in [0.15, 0.2) is 0 Å². The smallest absolute Gasteiger partial charge is 0.180 e. The van der Waals surface area contributed by atoms with Crippen LogP contribution in [-0.2, 0) is 7.05 Å². The Balaban J connectivity index is 2.68. The maximum atomic E-state index is 5.70. The Kier molecular flexibility index (Phi) is 2.26. The number of aryl methyl sites for hydroxylation is 3. The van der Waals surface area contributed by atoms with Crippen molar-refractivity contribution in [1.29, 1.82) is 0 Å². The SMILES string of the molecule is Cc1nn(C)c(C)c1-c1nc(N)sc1C. The van der Waals surface area contributed by atoms with E-state index in [-0.39, 0.29) is 0 Å². The quantitative estimate of drug-likeness (QED) is 0.803. The zero-order valence-electron chi connectivity index (χ0n) is 9.33. The van der Waals surface area contributed by atoms with Crippen LogP contribution in [0.3, 0.4) is 0 Å². The molecule has 0 radical (unpaired) electrons. The molecule has 0 saturated carbocycles. The number of hydrogen-bond acceptors (Lipinski definition) is 4. The number of hydrogen-bond donors (Lipinski definition) is 1. The fraction of sp³-hybridized carbons (Fsp3) is 0.400. The molecule has 0 unspecified atom stereocenters. The fourth-order valence-electron chi connectivity index (χ4n) is 1.77. The lowest BCUT2D eigenvalue weighted by Crippen LogP contribution is -1.93. The van der Waals surface area contributed by atoms with Gasteiger partial charge in [0.2, 0.25) is 0 Å². The summed E-state index contributed by atoms with van der Waals surface area (Å²) in [6.45, 7) is 6.08. The molecule has 0 atom stereocenters. The van der Waals surface area contributed by atoms with Gasteiger partial charge in [-0.25, -0.2) is 4.98 Å². The average Bonchev–Trinajstić information content (AvgIpc) is 2.56.